The summed E-state index contributed by atoms with van der Waals surface area (Å²) in [7, 11) is -1.52. The lowest BCUT2D eigenvalue weighted by Gasteiger charge is -1.98. The number of thioether (sulfide) groups is 1. The van der Waals surface area contributed by atoms with Gasteiger partial charge in [0, 0.05) is 4.80 Å². The van der Waals surface area contributed by atoms with Crippen molar-refractivity contribution < 1.29 is 10.0 Å². The molecular weight excluding hydrogens is 158 g/mol. The zero-order chi connectivity index (χ0) is 7.44. The molecule has 0 aliphatic rings. The Morgan fingerprint density at radius 1 is 1.44 bits per heavy atom. The van der Waals surface area contributed by atoms with Crippen molar-refractivity contribution in [2.75, 3.05) is 0 Å². The molecule has 0 rings (SSSR count). The van der Waals surface area contributed by atoms with Crippen LogP contribution in [0.15, 0.2) is 22.3 Å². The van der Waals surface area contributed by atoms with Gasteiger partial charge in [-0.1, -0.05) is 36.5 Å². The first kappa shape index (κ1) is 9.10. The molecule has 0 aromatic rings. The maximum absolute atomic E-state index is 8.41. The maximum atomic E-state index is 8.41. The lowest BCUT2D eigenvalue weighted by molar-refractivity contribution is 0.423. The minimum absolute atomic E-state index is 0.176. The maximum Gasteiger partial charge on any atom is 0.494 e. The van der Waals surface area contributed by atoms with Crippen LogP contribution in [0.5, 0.6) is 0 Å². The van der Waals surface area contributed by atoms with E-state index in [1.165, 1.54) is 0 Å². The Morgan fingerprint density at radius 3 is 2.00 bits per heavy atom. The standard InChI is InChI=1S/C4H6BClO2S/c1-3(5(7)8)9-4(2)6/h7-8H,1-2H2. The van der Waals surface area contributed by atoms with E-state index in [0.717, 1.165) is 11.8 Å². The molecule has 50 valence electrons. The minimum atomic E-state index is -1.52. The third-order valence-electron chi connectivity index (χ3n) is 0.530. The van der Waals surface area contributed by atoms with Gasteiger partial charge in [0.25, 0.3) is 0 Å². The van der Waals surface area contributed by atoms with Gasteiger partial charge in [-0.05, 0) is 0 Å². The topological polar surface area (TPSA) is 40.5 Å². The van der Waals surface area contributed by atoms with Gasteiger partial charge in [0.1, 0.15) is 0 Å². The number of rotatable bonds is 3. The van der Waals surface area contributed by atoms with Gasteiger partial charge in [0.15, 0.2) is 0 Å². The zero-order valence-corrected chi connectivity index (χ0v) is 6.24. The fourth-order valence-electron chi connectivity index (χ4n) is 0.195. The van der Waals surface area contributed by atoms with Crippen molar-refractivity contribution in [3.8, 4) is 0 Å². The molecule has 0 aliphatic heterocycles. The second-order valence-electron chi connectivity index (χ2n) is 1.30. The number of hydrogen-bond acceptors (Lipinski definition) is 3. The molecule has 0 atom stereocenters. The molecule has 0 saturated carbocycles. The van der Waals surface area contributed by atoms with Crippen molar-refractivity contribution in [3.05, 3.63) is 22.3 Å². The first-order valence-corrected chi connectivity index (χ1v) is 3.30. The van der Waals surface area contributed by atoms with E-state index in [-0.39, 0.29) is 9.17 Å². The Hall–Kier alpha value is 0.105. The SMILES string of the molecule is C=C(Cl)SC(=C)B(O)O. The van der Waals surface area contributed by atoms with Gasteiger partial charge in [-0.25, -0.2) is 0 Å². The quantitative estimate of drug-likeness (QED) is 0.610. The highest BCUT2D eigenvalue weighted by atomic mass is 35.5. The third kappa shape index (κ3) is 4.60. The second kappa shape index (κ2) is 4.01. The first-order chi connectivity index (χ1) is 4.04. The summed E-state index contributed by atoms with van der Waals surface area (Å²) in [6, 6.07) is 0. The summed E-state index contributed by atoms with van der Waals surface area (Å²) in [5, 5.41) is 16.8. The van der Waals surface area contributed by atoms with E-state index in [1.807, 2.05) is 0 Å². The lowest BCUT2D eigenvalue weighted by atomic mass is 9.93. The molecule has 0 spiro atoms. The van der Waals surface area contributed by atoms with Crippen molar-refractivity contribution in [1.82, 2.24) is 0 Å². The van der Waals surface area contributed by atoms with Crippen molar-refractivity contribution in [2.45, 2.75) is 0 Å². The normalized spacial score (nSPS) is 8.78. The highest BCUT2D eigenvalue weighted by Crippen LogP contribution is 2.25. The second-order valence-corrected chi connectivity index (χ2v) is 3.20. The Bertz CT molecular complexity index is 137. The molecule has 5 heteroatoms. The molecule has 0 radical (unpaired) electrons. The molecule has 0 saturated heterocycles. The van der Waals surface area contributed by atoms with Crippen LogP contribution in [0.2, 0.25) is 0 Å². The van der Waals surface area contributed by atoms with Crippen LogP contribution in [-0.2, 0) is 0 Å². The molecule has 2 N–H and O–H groups in total. The Kier molecular flexibility index (Phi) is 4.05. The van der Waals surface area contributed by atoms with Crippen LogP contribution in [-0.4, -0.2) is 17.2 Å². The molecule has 0 aromatic heterocycles. The molecule has 0 fully saturated rings. The monoisotopic (exact) mass is 164 g/mol. The molecule has 9 heavy (non-hydrogen) atoms. The fraction of sp³-hybridized carbons (Fsp3) is 0. The van der Waals surface area contributed by atoms with Crippen LogP contribution in [0, 0.1) is 0 Å². The van der Waals surface area contributed by atoms with E-state index < -0.39 is 7.12 Å². The van der Waals surface area contributed by atoms with Crippen LogP contribution in [0.4, 0.5) is 0 Å². The van der Waals surface area contributed by atoms with Crippen LogP contribution in [0.3, 0.4) is 0 Å². The van der Waals surface area contributed by atoms with Gasteiger partial charge in [-0.15, -0.1) is 0 Å². The van der Waals surface area contributed by atoms with Gasteiger partial charge in [0.2, 0.25) is 0 Å². The highest BCUT2D eigenvalue weighted by molar-refractivity contribution is 8.09. The summed E-state index contributed by atoms with van der Waals surface area (Å²) >= 11 is 6.24. The zero-order valence-electron chi connectivity index (χ0n) is 4.67. The molecule has 0 aliphatic carbocycles. The molecule has 0 heterocycles. The van der Waals surface area contributed by atoms with Crippen LogP contribution in [0.1, 0.15) is 0 Å². The van der Waals surface area contributed by atoms with E-state index >= 15 is 0 Å². The van der Waals surface area contributed by atoms with Crippen LogP contribution >= 0.6 is 23.4 Å². The van der Waals surface area contributed by atoms with Gasteiger partial charge in [-0.2, -0.15) is 0 Å². The smallest absolute Gasteiger partial charge is 0.423 e. The van der Waals surface area contributed by atoms with Crippen molar-refractivity contribution >= 4 is 30.5 Å². The predicted octanol–water partition coefficient (Wildman–Crippen LogP) is 0.955. The minimum Gasteiger partial charge on any atom is -0.423 e. The van der Waals surface area contributed by atoms with Crippen LogP contribution < -0.4 is 0 Å². The van der Waals surface area contributed by atoms with Gasteiger partial charge >= 0.3 is 7.12 Å². The van der Waals surface area contributed by atoms with E-state index in [2.05, 4.69) is 13.2 Å². The van der Waals surface area contributed by atoms with Gasteiger partial charge < -0.3 is 10.0 Å². The Labute approximate surface area is 63.4 Å². The summed E-state index contributed by atoms with van der Waals surface area (Å²) in [6.07, 6.45) is 0. The molecule has 0 unspecified atom stereocenters. The molecular formula is C4H6BClO2S. The summed E-state index contributed by atoms with van der Waals surface area (Å²) in [5.74, 6) is 0. The highest BCUT2D eigenvalue weighted by Gasteiger charge is 2.12. The number of halogens is 1. The van der Waals surface area contributed by atoms with E-state index in [9.17, 15) is 0 Å². The summed E-state index contributed by atoms with van der Waals surface area (Å²) in [6.45, 7) is 6.63. The van der Waals surface area contributed by atoms with Gasteiger partial charge in [0.05, 0.1) is 4.36 Å². The van der Waals surface area contributed by atoms with Crippen molar-refractivity contribution in [3.63, 3.8) is 0 Å². The van der Waals surface area contributed by atoms with Crippen LogP contribution in [0.25, 0.3) is 0 Å². The predicted molar refractivity (Wildman–Crippen MR) is 41.9 cm³/mol. The Morgan fingerprint density at radius 2 is 1.89 bits per heavy atom. The van der Waals surface area contributed by atoms with Crippen molar-refractivity contribution in [2.24, 2.45) is 0 Å². The molecule has 0 bridgehead atoms. The number of hydrogen-bond donors (Lipinski definition) is 2. The third-order valence-corrected chi connectivity index (χ3v) is 1.46. The molecule has 0 aromatic carbocycles. The summed E-state index contributed by atoms with van der Waals surface area (Å²) in [4.78, 5) is 0.176. The fourth-order valence-corrected chi connectivity index (χ4v) is 0.882. The lowest BCUT2D eigenvalue weighted by Crippen LogP contribution is -2.11. The first-order valence-electron chi connectivity index (χ1n) is 2.11. The molecule has 0 amide bonds. The largest absolute Gasteiger partial charge is 0.494 e. The summed E-state index contributed by atoms with van der Waals surface area (Å²) in [5.41, 5.74) is 0. The Balaban J connectivity index is 3.64. The van der Waals surface area contributed by atoms with Crippen molar-refractivity contribution in [1.29, 1.82) is 0 Å². The van der Waals surface area contributed by atoms with E-state index in [0.29, 0.717) is 0 Å². The molecule has 2 nitrogen and oxygen atoms in total. The average Bonchev–Trinajstić information content (AvgIpc) is 1.63. The van der Waals surface area contributed by atoms with E-state index in [4.69, 9.17) is 21.6 Å². The summed E-state index contributed by atoms with van der Waals surface area (Å²) < 4.78 is 0.271. The average molecular weight is 164 g/mol. The van der Waals surface area contributed by atoms with E-state index in [1.54, 1.807) is 0 Å². The van der Waals surface area contributed by atoms with Gasteiger partial charge in [-0.3, -0.25) is 0 Å².